The van der Waals surface area contributed by atoms with Gasteiger partial charge in [0, 0.05) is 33.4 Å². The molecule has 1 aromatic heterocycles. The fourth-order valence-electron chi connectivity index (χ4n) is 8.88. The summed E-state index contributed by atoms with van der Waals surface area (Å²) in [6, 6.07) is 77.0. The monoisotopic (exact) mass is 767 g/mol. The molecule has 2 heteroatoms. The summed E-state index contributed by atoms with van der Waals surface area (Å²) in [5, 5.41) is 7.33. The van der Waals surface area contributed by atoms with Gasteiger partial charge >= 0.3 is 0 Å². The Hall–Kier alpha value is -7.68. The van der Waals surface area contributed by atoms with E-state index in [4.69, 9.17) is 4.42 Å². The van der Waals surface area contributed by atoms with Crippen LogP contribution in [0, 0.1) is 13.8 Å². The number of anilines is 3. The first kappa shape index (κ1) is 35.5. The second-order valence-corrected chi connectivity index (χ2v) is 15.9. The van der Waals surface area contributed by atoms with E-state index in [2.05, 4.69) is 231 Å². The highest BCUT2D eigenvalue weighted by atomic mass is 16.3. The first-order chi connectivity index (χ1) is 29.5. The molecule has 1 heterocycles. The van der Waals surface area contributed by atoms with E-state index in [1.165, 1.54) is 66.1 Å². The third-order valence-electron chi connectivity index (χ3n) is 12.0. The van der Waals surface area contributed by atoms with Gasteiger partial charge in [-0.15, -0.1) is 0 Å². The van der Waals surface area contributed by atoms with Crippen LogP contribution in [0.1, 0.15) is 11.1 Å². The third kappa shape index (κ3) is 6.40. The lowest BCUT2D eigenvalue weighted by Gasteiger charge is -2.26. The van der Waals surface area contributed by atoms with Crippen molar-refractivity contribution < 1.29 is 4.42 Å². The van der Waals surface area contributed by atoms with E-state index in [0.29, 0.717) is 0 Å². The van der Waals surface area contributed by atoms with Gasteiger partial charge in [0.1, 0.15) is 11.2 Å². The summed E-state index contributed by atoms with van der Waals surface area (Å²) in [6.07, 6.45) is 0. The maximum absolute atomic E-state index is 6.52. The molecular formula is C58H41NO. The normalized spacial score (nSPS) is 11.5. The van der Waals surface area contributed by atoms with Gasteiger partial charge in [-0.05, 0) is 147 Å². The van der Waals surface area contributed by atoms with E-state index in [0.717, 1.165) is 50.1 Å². The zero-order valence-electron chi connectivity index (χ0n) is 33.6. The molecule has 0 aliphatic rings. The van der Waals surface area contributed by atoms with Gasteiger partial charge in [0.25, 0.3) is 0 Å². The predicted octanol–water partition coefficient (Wildman–Crippen LogP) is 16.6. The van der Waals surface area contributed by atoms with Crippen molar-refractivity contribution >= 4 is 60.5 Å². The van der Waals surface area contributed by atoms with Gasteiger partial charge in [0.05, 0.1) is 0 Å². The molecule has 0 unspecified atom stereocenters. The van der Waals surface area contributed by atoms with Crippen LogP contribution in [0.15, 0.2) is 217 Å². The van der Waals surface area contributed by atoms with Crippen molar-refractivity contribution in [3.8, 4) is 44.5 Å². The van der Waals surface area contributed by atoms with E-state index in [1.54, 1.807) is 0 Å². The molecule has 0 aliphatic heterocycles. The minimum atomic E-state index is 0.918. The van der Waals surface area contributed by atoms with Crippen LogP contribution >= 0.6 is 0 Å². The summed E-state index contributed by atoms with van der Waals surface area (Å²) in [7, 11) is 0. The van der Waals surface area contributed by atoms with Crippen LogP contribution in [-0.2, 0) is 0 Å². The molecule has 0 radical (unpaired) electrons. The van der Waals surface area contributed by atoms with Crippen molar-refractivity contribution in [2.75, 3.05) is 4.90 Å². The fraction of sp³-hybridized carbons (Fsp3) is 0.0345. The predicted molar refractivity (Wildman–Crippen MR) is 255 cm³/mol. The number of benzene rings is 10. The van der Waals surface area contributed by atoms with Crippen molar-refractivity contribution in [2.45, 2.75) is 13.8 Å². The van der Waals surface area contributed by atoms with Gasteiger partial charge in [-0.3, -0.25) is 0 Å². The molecule has 0 spiro atoms. The Bertz CT molecular complexity index is 3350. The number of aryl methyl sites for hydroxylation is 2. The first-order valence-corrected chi connectivity index (χ1v) is 20.6. The molecule has 60 heavy (non-hydrogen) atoms. The number of furan rings is 1. The lowest BCUT2D eigenvalue weighted by atomic mass is 9.97. The Kier molecular flexibility index (Phi) is 8.64. The van der Waals surface area contributed by atoms with Gasteiger partial charge in [-0.1, -0.05) is 151 Å². The standard InChI is InChI=1S/C58H41NO/c1-38-14-33-57-55(34-38)56-36-39(2)35-54(58(56)60-57)46-25-31-51(32-26-46)59(50-29-23-45(24-30-50)53-13-7-11-44-9-5-6-12-52(44)53)49-27-21-42(22-28-49)41-15-17-43(18-16-41)48-20-19-40-8-3-4-10-47(40)37-48/h3-37H,1-2H3. The Morgan fingerprint density at radius 3 is 1.52 bits per heavy atom. The molecule has 0 N–H and O–H groups in total. The summed E-state index contributed by atoms with van der Waals surface area (Å²) in [5.74, 6) is 0. The maximum atomic E-state index is 6.52. The molecular weight excluding hydrogens is 727 g/mol. The number of hydrogen-bond donors (Lipinski definition) is 0. The van der Waals surface area contributed by atoms with E-state index in [-0.39, 0.29) is 0 Å². The van der Waals surface area contributed by atoms with E-state index in [9.17, 15) is 0 Å². The minimum Gasteiger partial charge on any atom is -0.455 e. The number of rotatable bonds is 7. The lowest BCUT2D eigenvalue weighted by molar-refractivity contribution is 0.670. The van der Waals surface area contributed by atoms with Crippen molar-refractivity contribution in [3.05, 3.63) is 223 Å². The summed E-state index contributed by atoms with van der Waals surface area (Å²) >= 11 is 0. The fourth-order valence-corrected chi connectivity index (χ4v) is 8.88. The average Bonchev–Trinajstić information content (AvgIpc) is 3.66. The Labute approximate surface area is 350 Å². The molecule has 0 bridgehead atoms. The van der Waals surface area contributed by atoms with Crippen LogP contribution in [0.2, 0.25) is 0 Å². The summed E-state index contributed by atoms with van der Waals surface area (Å²) in [5.41, 5.74) is 17.0. The molecule has 0 amide bonds. The van der Waals surface area contributed by atoms with Crippen LogP contribution in [0.3, 0.4) is 0 Å². The molecule has 0 fully saturated rings. The van der Waals surface area contributed by atoms with Gasteiger partial charge in [-0.25, -0.2) is 0 Å². The molecule has 284 valence electrons. The SMILES string of the molecule is Cc1ccc2oc3c(-c4ccc(N(c5ccc(-c6ccc(-c7ccc8ccccc8c7)cc6)cc5)c5ccc(-c6cccc7ccccc67)cc5)cc4)cc(C)cc3c2c1. The number of fused-ring (bicyclic) bond motifs is 5. The molecule has 0 saturated heterocycles. The second-order valence-electron chi connectivity index (χ2n) is 15.9. The minimum absolute atomic E-state index is 0.918. The van der Waals surface area contributed by atoms with Crippen LogP contribution in [-0.4, -0.2) is 0 Å². The molecule has 11 aromatic rings. The van der Waals surface area contributed by atoms with Crippen molar-refractivity contribution in [3.63, 3.8) is 0 Å². The largest absolute Gasteiger partial charge is 0.455 e. The van der Waals surface area contributed by atoms with E-state index < -0.39 is 0 Å². The Balaban J connectivity index is 0.956. The van der Waals surface area contributed by atoms with Gasteiger partial charge in [-0.2, -0.15) is 0 Å². The third-order valence-corrected chi connectivity index (χ3v) is 12.0. The highest BCUT2D eigenvalue weighted by Crippen LogP contribution is 2.41. The van der Waals surface area contributed by atoms with Gasteiger partial charge in [0.2, 0.25) is 0 Å². The van der Waals surface area contributed by atoms with Crippen LogP contribution < -0.4 is 4.90 Å². The van der Waals surface area contributed by atoms with Crippen LogP contribution in [0.25, 0.3) is 88.0 Å². The smallest absolute Gasteiger partial charge is 0.143 e. The van der Waals surface area contributed by atoms with Crippen LogP contribution in [0.4, 0.5) is 17.1 Å². The van der Waals surface area contributed by atoms with E-state index in [1.807, 2.05) is 0 Å². The van der Waals surface area contributed by atoms with Crippen molar-refractivity contribution in [2.24, 2.45) is 0 Å². The molecule has 0 aliphatic carbocycles. The average molecular weight is 768 g/mol. The summed E-state index contributed by atoms with van der Waals surface area (Å²) < 4.78 is 6.52. The van der Waals surface area contributed by atoms with Crippen LogP contribution in [0.5, 0.6) is 0 Å². The van der Waals surface area contributed by atoms with Crippen molar-refractivity contribution in [1.82, 2.24) is 0 Å². The van der Waals surface area contributed by atoms with Crippen molar-refractivity contribution in [1.29, 1.82) is 0 Å². The zero-order chi connectivity index (χ0) is 40.2. The maximum Gasteiger partial charge on any atom is 0.143 e. The summed E-state index contributed by atoms with van der Waals surface area (Å²) in [4.78, 5) is 2.35. The topological polar surface area (TPSA) is 16.4 Å². The first-order valence-electron chi connectivity index (χ1n) is 20.6. The molecule has 11 rings (SSSR count). The second kappa shape index (κ2) is 14.6. The summed E-state index contributed by atoms with van der Waals surface area (Å²) in [6.45, 7) is 4.30. The lowest BCUT2D eigenvalue weighted by Crippen LogP contribution is -2.09. The van der Waals surface area contributed by atoms with E-state index >= 15 is 0 Å². The molecule has 0 saturated carbocycles. The Morgan fingerprint density at radius 2 is 0.833 bits per heavy atom. The number of nitrogens with zero attached hydrogens (tertiary/aromatic N) is 1. The quantitative estimate of drug-likeness (QED) is 0.161. The van der Waals surface area contributed by atoms with Gasteiger partial charge in [0.15, 0.2) is 0 Å². The molecule has 2 nitrogen and oxygen atoms in total. The molecule has 0 atom stereocenters. The zero-order valence-corrected chi connectivity index (χ0v) is 33.6. The number of hydrogen-bond acceptors (Lipinski definition) is 2. The Morgan fingerprint density at radius 1 is 0.317 bits per heavy atom. The molecule has 10 aromatic carbocycles. The highest BCUT2D eigenvalue weighted by molar-refractivity contribution is 6.10. The highest BCUT2D eigenvalue weighted by Gasteiger charge is 2.17. The van der Waals surface area contributed by atoms with Gasteiger partial charge < -0.3 is 9.32 Å².